The van der Waals surface area contributed by atoms with Crippen LogP contribution in [-0.2, 0) is 9.59 Å². The molecule has 0 unspecified atom stereocenters. The molecule has 4 rings (SSSR count). The summed E-state index contributed by atoms with van der Waals surface area (Å²) >= 11 is 3.36. The van der Waals surface area contributed by atoms with E-state index >= 15 is 0 Å². The number of carboxylic acid groups (broad SMARTS) is 1. The zero-order valence-electron chi connectivity index (χ0n) is 14.5. The van der Waals surface area contributed by atoms with Crippen molar-refractivity contribution in [3.63, 3.8) is 0 Å². The van der Waals surface area contributed by atoms with Crippen LogP contribution < -0.4 is 19.7 Å². The molecule has 0 aliphatic carbocycles. The van der Waals surface area contributed by atoms with E-state index in [9.17, 15) is 19.5 Å². The van der Waals surface area contributed by atoms with Gasteiger partial charge in [0.05, 0.1) is 23.8 Å². The summed E-state index contributed by atoms with van der Waals surface area (Å²) in [6.45, 7) is -0.0149. The van der Waals surface area contributed by atoms with Gasteiger partial charge in [-0.05, 0) is 36.4 Å². The number of hydrogen-bond donors (Lipinski definition) is 2. The lowest BCUT2D eigenvalue weighted by atomic mass is 10.1. The molecule has 28 heavy (non-hydrogen) atoms. The van der Waals surface area contributed by atoms with E-state index in [0.29, 0.717) is 28.4 Å². The van der Waals surface area contributed by atoms with Gasteiger partial charge >= 0.3 is 5.97 Å². The largest absolute Gasteiger partial charge is 0.489 e. The van der Waals surface area contributed by atoms with Gasteiger partial charge in [0.2, 0.25) is 0 Å². The average molecular weight is 447 g/mol. The monoisotopic (exact) mass is 446 g/mol. The normalized spacial score (nSPS) is 17.5. The van der Waals surface area contributed by atoms with Crippen molar-refractivity contribution < 1.29 is 29.0 Å². The molecule has 0 saturated heterocycles. The SMILES string of the molecule is O=C(O)C[C@H]1COc2cc(Br)ccc2N1C(=O)c1ccc2c(c1)NC(=O)CO2. The van der Waals surface area contributed by atoms with Gasteiger partial charge in [0.25, 0.3) is 11.8 Å². The van der Waals surface area contributed by atoms with E-state index in [1.54, 1.807) is 30.3 Å². The Bertz CT molecular complexity index is 992. The van der Waals surface area contributed by atoms with Crippen molar-refractivity contribution in [2.24, 2.45) is 0 Å². The highest BCUT2D eigenvalue weighted by Crippen LogP contribution is 2.38. The van der Waals surface area contributed by atoms with E-state index in [0.717, 1.165) is 4.47 Å². The van der Waals surface area contributed by atoms with E-state index in [1.807, 2.05) is 0 Å². The summed E-state index contributed by atoms with van der Waals surface area (Å²) in [6.07, 6.45) is -0.258. The molecule has 8 nitrogen and oxygen atoms in total. The first-order chi connectivity index (χ1) is 13.4. The third-order valence-corrected chi connectivity index (χ3v) is 4.96. The summed E-state index contributed by atoms with van der Waals surface area (Å²) in [5.74, 6) is -0.760. The van der Waals surface area contributed by atoms with E-state index in [4.69, 9.17) is 9.47 Å². The Balaban J connectivity index is 1.74. The predicted molar refractivity (Wildman–Crippen MR) is 103 cm³/mol. The maximum Gasteiger partial charge on any atom is 0.305 e. The van der Waals surface area contributed by atoms with Crippen molar-refractivity contribution in [1.82, 2.24) is 0 Å². The molecular formula is C19H15BrN2O6. The topological polar surface area (TPSA) is 105 Å². The number of halogens is 1. The highest BCUT2D eigenvalue weighted by atomic mass is 79.9. The highest BCUT2D eigenvalue weighted by molar-refractivity contribution is 9.10. The minimum Gasteiger partial charge on any atom is -0.489 e. The average Bonchev–Trinajstić information content (AvgIpc) is 2.66. The number of anilines is 2. The second-order valence-corrected chi connectivity index (χ2v) is 7.31. The molecular weight excluding hydrogens is 432 g/mol. The summed E-state index contributed by atoms with van der Waals surface area (Å²) in [4.78, 5) is 37.6. The van der Waals surface area contributed by atoms with Crippen molar-refractivity contribution in [2.45, 2.75) is 12.5 Å². The van der Waals surface area contributed by atoms with Gasteiger partial charge in [0.1, 0.15) is 18.1 Å². The minimum absolute atomic E-state index is 0.0618. The molecule has 1 atom stereocenters. The molecule has 2 N–H and O–H groups in total. The van der Waals surface area contributed by atoms with Crippen LogP contribution in [0, 0.1) is 0 Å². The Labute approximate surface area is 168 Å². The van der Waals surface area contributed by atoms with Crippen molar-refractivity contribution >= 4 is 45.1 Å². The van der Waals surface area contributed by atoms with Crippen LogP contribution in [0.5, 0.6) is 11.5 Å². The van der Waals surface area contributed by atoms with E-state index < -0.39 is 12.0 Å². The fourth-order valence-electron chi connectivity index (χ4n) is 3.24. The van der Waals surface area contributed by atoms with Crippen LogP contribution in [0.1, 0.15) is 16.8 Å². The van der Waals surface area contributed by atoms with Gasteiger partial charge in [-0.25, -0.2) is 0 Å². The van der Waals surface area contributed by atoms with Crippen LogP contribution in [0.4, 0.5) is 11.4 Å². The third kappa shape index (κ3) is 3.40. The molecule has 2 aliphatic heterocycles. The van der Waals surface area contributed by atoms with Crippen molar-refractivity contribution in [3.05, 3.63) is 46.4 Å². The number of aliphatic carboxylic acids is 1. The number of nitrogens with zero attached hydrogens (tertiary/aromatic N) is 1. The molecule has 0 fully saturated rings. The van der Waals surface area contributed by atoms with Crippen LogP contribution in [0.3, 0.4) is 0 Å². The Morgan fingerprint density at radius 1 is 1.18 bits per heavy atom. The summed E-state index contributed by atoms with van der Waals surface area (Å²) < 4.78 is 11.8. The van der Waals surface area contributed by atoms with Crippen molar-refractivity contribution in [3.8, 4) is 11.5 Å². The molecule has 0 aromatic heterocycles. The van der Waals surface area contributed by atoms with Crippen LogP contribution in [0.25, 0.3) is 0 Å². The number of benzene rings is 2. The molecule has 0 radical (unpaired) electrons. The number of fused-ring (bicyclic) bond motifs is 2. The van der Waals surface area contributed by atoms with Crippen LogP contribution in [-0.4, -0.2) is 42.1 Å². The highest BCUT2D eigenvalue weighted by Gasteiger charge is 2.35. The molecule has 9 heteroatoms. The Kier molecular flexibility index (Phi) is 4.68. The number of carboxylic acids is 1. The number of carbonyl (C=O) groups excluding carboxylic acids is 2. The third-order valence-electron chi connectivity index (χ3n) is 4.47. The first-order valence-corrected chi connectivity index (χ1v) is 9.26. The summed E-state index contributed by atoms with van der Waals surface area (Å²) in [6, 6.07) is 9.25. The van der Waals surface area contributed by atoms with Crippen LogP contribution in [0.2, 0.25) is 0 Å². The van der Waals surface area contributed by atoms with Crippen LogP contribution >= 0.6 is 15.9 Å². The maximum absolute atomic E-state index is 13.3. The smallest absolute Gasteiger partial charge is 0.305 e. The molecule has 144 valence electrons. The van der Waals surface area contributed by atoms with Gasteiger partial charge in [-0.15, -0.1) is 0 Å². The number of ether oxygens (including phenoxy) is 2. The van der Waals surface area contributed by atoms with Gasteiger partial charge in [-0.3, -0.25) is 19.3 Å². The summed E-state index contributed by atoms with van der Waals surface area (Å²) in [7, 11) is 0. The summed E-state index contributed by atoms with van der Waals surface area (Å²) in [5.41, 5.74) is 1.19. The number of rotatable bonds is 3. The predicted octanol–water partition coefficient (Wildman–Crippen LogP) is 2.66. The summed E-state index contributed by atoms with van der Waals surface area (Å²) in [5, 5.41) is 11.9. The molecule has 0 spiro atoms. The van der Waals surface area contributed by atoms with E-state index in [1.165, 1.54) is 11.0 Å². The number of nitrogens with one attached hydrogen (secondary N) is 1. The molecule has 2 amide bonds. The van der Waals surface area contributed by atoms with Gasteiger partial charge in [-0.1, -0.05) is 15.9 Å². The zero-order chi connectivity index (χ0) is 19.8. The standard InChI is InChI=1S/C19H15BrN2O6/c20-11-2-3-14-16(6-11)27-8-12(7-18(24)25)22(14)19(26)10-1-4-15-13(5-10)21-17(23)9-28-15/h1-6,12H,7-9H2,(H,21,23)(H,24,25)/t12-/m0/s1. The molecule has 0 bridgehead atoms. The Morgan fingerprint density at radius 3 is 2.79 bits per heavy atom. The first-order valence-electron chi connectivity index (χ1n) is 8.47. The Morgan fingerprint density at radius 2 is 2.00 bits per heavy atom. The quantitative estimate of drug-likeness (QED) is 0.750. The number of hydrogen-bond acceptors (Lipinski definition) is 5. The van der Waals surface area contributed by atoms with Crippen LogP contribution in [0.15, 0.2) is 40.9 Å². The minimum atomic E-state index is -1.03. The van der Waals surface area contributed by atoms with Gasteiger partial charge in [-0.2, -0.15) is 0 Å². The second-order valence-electron chi connectivity index (χ2n) is 6.40. The maximum atomic E-state index is 13.3. The lowest BCUT2D eigenvalue weighted by Gasteiger charge is -2.36. The first kappa shape index (κ1) is 18.3. The van der Waals surface area contributed by atoms with Crippen molar-refractivity contribution in [1.29, 1.82) is 0 Å². The van der Waals surface area contributed by atoms with Gasteiger partial charge in [0, 0.05) is 10.0 Å². The van der Waals surface area contributed by atoms with E-state index in [-0.39, 0.29) is 31.4 Å². The Hall–Kier alpha value is -3.07. The lowest BCUT2D eigenvalue weighted by molar-refractivity contribution is -0.137. The molecule has 0 saturated carbocycles. The number of amides is 2. The second kappa shape index (κ2) is 7.16. The van der Waals surface area contributed by atoms with Gasteiger partial charge in [0.15, 0.2) is 6.61 Å². The molecule has 2 heterocycles. The fourth-order valence-corrected chi connectivity index (χ4v) is 3.58. The van der Waals surface area contributed by atoms with Crippen molar-refractivity contribution in [2.75, 3.05) is 23.4 Å². The molecule has 2 aliphatic rings. The molecule has 2 aromatic carbocycles. The molecule has 2 aromatic rings. The fraction of sp³-hybridized carbons (Fsp3) is 0.211. The van der Waals surface area contributed by atoms with E-state index in [2.05, 4.69) is 21.2 Å². The van der Waals surface area contributed by atoms with Gasteiger partial charge < -0.3 is 19.9 Å². The lowest BCUT2D eigenvalue weighted by Crippen LogP contribution is -2.48. The zero-order valence-corrected chi connectivity index (χ0v) is 16.1. The number of carbonyl (C=O) groups is 3.